The van der Waals surface area contributed by atoms with Crippen molar-refractivity contribution >= 4 is 29.2 Å². The minimum Gasteiger partial charge on any atom is -0.478 e. The Balaban J connectivity index is 2.75. The third kappa shape index (κ3) is 3.11. The highest BCUT2D eigenvalue weighted by Crippen LogP contribution is 2.36. The summed E-state index contributed by atoms with van der Waals surface area (Å²) in [5.74, 6) is -1.41. The van der Waals surface area contributed by atoms with Gasteiger partial charge in [-0.1, -0.05) is 35.3 Å². The molecule has 1 heterocycles. The van der Waals surface area contributed by atoms with Crippen LogP contribution in [0.5, 0.6) is 0 Å². The summed E-state index contributed by atoms with van der Waals surface area (Å²) >= 11 is 11.7. The van der Waals surface area contributed by atoms with E-state index in [1.165, 1.54) is 18.2 Å². The molecule has 2 rings (SSSR count). The van der Waals surface area contributed by atoms with Gasteiger partial charge in [-0.05, 0) is 18.2 Å². The van der Waals surface area contributed by atoms with Crippen molar-refractivity contribution in [2.45, 2.75) is 6.18 Å². The Morgan fingerprint density at radius 1 is 1.14 bits per heavy atom. The Kier molecular flexibility index (Phi) is 4.11. The minimum atomic E-state index is -4.70. The highest BCUT2D eigenvalue weighted by molar-refractivity contribution is 6.43. The molecule has 0 radical (unpaired) electrons. The van der Waals surface area contributed by atoms with Crippen LogP contribution >= 0.6 is 23.2 Å². The fourth-order valence-corrected chi connectivity index (χ4v) is 2.07. The molecule has 0 saturated heterocycles. The average Bonchev–Trinajstić information content (AvgIpc) is 2.40. The monoisotopic (exact) mass is 335 g/mol. The maximum absolute atomic E-state index is 12.7. The van der Waals surface area contributed by atoms with Gasteiger partial charge in [0.2, 0.25) is 0 Å². The van der Waals surface area contributed by atoms with Crippen LogP contribution in [-0.2, 0) is 6.18 Å². The number of carbonyl (C=O) groups is 1. The van der Waals surface area contributed by atoms with E-state index in [-0.39, 0.29) is 21.3 Å². The summed E-state index contributed by atoms with van der Waals surface area (Å²) in [7, 11) is 0. The summed E-state index contributed by atoms with van der Waals surface area (Å²) in [6.07, 6.45) is -4.70. The quantitative estimate of drug-likeness (QED) is 0.859. The van der Waals surface area contributed by atoms with E-state index in [1.54, 1.807) is 0 Å². The maximum Gasteiger partial charge on any atom is 0.433 e. The number of carboxylic acid groups (broad SMARTS) is 1. The van der Waals surface area contributed by atoms with Gasteiger partial charge in [-0.3, -0.25) is 0 Å². The summed E-state index contributed by atoms with van der Waals surface area (Å²) in [4.78, 5) is 14.5. The molecule has 0 aliphatic heterocycles. The van der Waals surface area contributed by atoms with E-state index < -0.39 is 23.4 Å². The Hall–Kier alpha value is -1.79. The summed E-state index contributed by atoms with van der Waals surface area (Å²) in [6, 6.07) is 5.66. The first-order chi connectivity index (χ1) is 9.71. The predicted octanol–water partition coefficient (Wildman–Crippen LogP) is 4.77. The van der Waals surface area contributed by atoms with Crippen molar-refractivity contribution in [3.8, 4) is 11.3 Å². The maximum atomic E-state index is 12.7. The number of aromatic carboxylic acids is 1. The van der Waals surface area contributed by atoms with Gasteiger partial charge in [-0.2, -0.15) is 13.2 Å². The number of hydrogen-bond acceptors (Lipinski definition) is 2. The number of alkyl halides is 3. The molecule has 0 bridgehead atoms. The van der Waals surface area contributed by atoms with E-state index in [0.29, 0.717) is 6.07 Å². The van der Waals surface area contributed by atoms with Crippen LogP contribution in [0.4, 0.5) is 13.2 Å². The zero-order valence-electron chi connectivity index (χ0n) is 10.1. The molecular weight excluding hydrogens is 330 g/mol. The van der Waals surface area contributed by atoms with Crippen molar-refractivity contribution in [3.05, 3.63) is 51.6 Å². The molecule has 0 unspecified atom stereocenters. The molecule has 0 spiro atoms. The van der Waals surface area contributed by atoms with Gasteiger partial charge in [0.05, 0.1) is 21.3 Å². The zero-order chi connectivity index (χ0) is 15.8. The van der Waals surface area contributed by atoms with Crippen LogP contribution in [0.1, 0.15) is 16.1 Å². The summed E-state index contributed by atoms with van der Waals surface area (Å²) in [5.41, 5.74) is -1.97. The topological polar surface area (TPSA) is 50.2 Å². The molecule has 0 fully saturated rings. The first-order valence-electron chi connectivity index (χ1n) is 5.47. The lowest BCUT2D eigenvalue weighted by atomic mass is 10.0. The number of rotatable bonds is 2. The van der Waals surface area contributed by atoms with Crippen LogP contribution in [0.25, 0.3) is 11.3 Å². The third-order valence-electron chi connectivity index (χ3n) is 2.62. The molecule has 0 aliphatic carbocycles. The lowest BCUT2D eigenvalue weighted by Crippen LogP contribution is -2.11. The summed E-state index contributed by atoms with van der Waals surface area (Å²) in [6.45, 7) is 0. The van der Waals surface area contributed by atoms with E-state index >= 15 is 0 Å². The van der Waals surface area contributed by atoms with Crippen LogP contribution in [0.3, 0.4) is 0 Å². The highest BCUT2D eigenvalue weighted by atomic mass is 35.5. The first-order valence-corrected chi connectivity index (χ1v) is 6.23. The normalized spacial score (nSPS) is 11.5. The molecule has 8 heteroatoms. The highest BCUT2D eigenvalue weighted by Gasteiger charge is 2.34. The van der Waals surface area contributed by atoms with Gasteiger partial charge in [-0.15, -0.1) is 0 Å². The third-order valence-corrected chi connectivity index (χ3v) is 3.44. The van der Waals surface area contributed by atoms with E-state index in [0.717, 1.165) is 6.07 Å². The Morgan fingerprint density at radius 2 is 1.81 bits per heavy atom. The molecule has 0 amide bonds. The van der Waals surface area contributed by atoms with Crippen molar-refractivity contribution < 1.29 is 23.1 Å². The van der Waals surface area contributed by atoms with Crippen LogP contribution in [0, 0.1) is 0 Å². The molecule has 0 atom stereocenters. The van der Waals surface area contributed by atoms with Crippen molar-refractivity contribution in [1.29, 1.82) is 0 Å². The zero-order valence-corrected chi connectivity index (χ0v) is 11.6. The van der Waals surface area contributed by atoms with Gasteiger partial charge >= 0.3 is 12.1 Å². The fraction of sp³-hybridized carbons (Fsp3) is 0.0769. The number of carboxylic acids is 1. The van der Waals surface area contributed by atoms with Gasteiger partial charge in [0.1, 0.15) is 5.69 Å². The number of aromatic nitrogens is 1. The second-order valence-electron chi connectivity index (χ2n) is 4.00. The second-order valence-corrected chi connectivity index (χ2v) is 4.78. The van der Waals surface area contributed by atoms with Crippen molar-refractivity contribution in [1.82, 2.24) is 4.98 Å². The molecular formula is C13H6Cl2F3NO2. The van der Waals surface area contributed by atoms with Crippen molar-refractivity contribution in [2.75, 3.05) is 0 Å². The Labute approximate surface area is 126 Å². The Bertz CT molecular complexity index is 717. The minimum absolute atomic E-state index is 0.0210. The van der Waals surface area contributed by atoms with E-state index in [9.17, 15) is 18.0 Å². The molecule has 110 valence electrons. The lowest BCUT2D eigenvalue weighted by Gasteiger charge is -2.12. The Morgan fingerprint density at radius 3 is 2.38 bits per heavy atom. The number of pyridine rings is 1. The van der Waals surface area contributed by atoms with Crippen molar-refractivity contribution in [3.63, 3.8) is 0 Å². The number of hydrogen-bond donors (Lipinski definition) is 1. The molecule has 2 aromatic rings. The van der Waals surface area contributed by atoms with Crippen LogP contribution in [-0.4, -0.2) is 16.1 Å². The van der Waals surface area contributed by atoms with E-state index in [4.69, 9.17) is 28.3 Å². The fourth-order valence-electron chi connectivity index (χ4n) is 1.68. The molecule has 21 heavy (non-hydrogen) atoms. The second kappa shape index (κ2) is 5.54. The molecule has 0 saturated carbocycles. The summed E-state index contributed by atoms with van der Waals surface area (Å²) in [5, 5.41) is 9.11. The average molecular weight is 336 g/mol. The van der Waals surface area contributed by atoms with Crippen LogP contribution in [0.2, 0.25) is 10.0 Å². The number of nitrogens with zero attached hydrogens (tertiary/aromatic N) is 1. The predicted molar refractivity (Wildman–Crippen MR) is 71.7 cm³/mol. The molecule has 0 aliphatic rings. The summed E-state index contributed by atoms with van der Waals surface area (Å²) < 4.78 is 38.2. The van der Waals surface area contributed by atoms with E-state index in [1.807, 2.05) is 0 Å². The lowest BCUT2D eigenvalue weighted by molar-refractivity contribution is -0.141. The largest absolute Gasteiger partial charge is 0.478 e. The molecule has 1 aromatic heterocycles. The van der Waals surface area contributed by atoms with Gasteiger partial charge < -0.3 is 5.11 Å². The molecule has 1 aromatic carbocycles. The van der Waals surface area contributed by atoms with Gasteiger partial charge in [0.15, 0.2) is 0 Å². The van der Waals surface area contributed by atoms with Crippen LogP contribution < -0.4 is 0 Å². The smallest absolute Gasteiger partial charge is 0.433 e. The molecule has 3 nitrogen and oxygen atoms in total. The van der Waals surface area contributed by atoms with Gasteiger partial charge in [-0.25, -0.2) is 9.78 Å². The first kappa shape index (κ1) is 15.6. The SMILES string of the molecule is O=C(O)c1ccc(C(F)(F)F)nc1-c1cccc(Cl)c1Cl. The number of halogens is 5. The van der Waals surface area contributed by atoms with E-state index in [2.05, 4.69) is 4.98 Å². The number of benzene rings is 1. The standard InChI is InChI=1S/C13H6Cl2F3NO2/c14-8-3-1-2-6(10(8)15)11-7(12(20)21)4-5-9(19-11)13(16,17)18/h1-5H,(H,20,21). The van der Waals surface area contributed by atoms with Crippen LogP contribution in [0.15, 0.2) is 30.3 Å². The van der Waals surface area contributed by atoms with Crippen molar-refractivity contribution in [2.24, 2.45) is 0 Å². The molecule has 1 N–H and O–H groups in total. The van der Waals surface area contributed by atoms with Gasteiger partial charge in [0.25, 0.3) is 0 Å². The van der Waals surface area contributed by atoms with Gasteiger partial charge in [0, 0.05) is 5.56 Å².